The summed E-state index contributed by atoms with van der Waals surface area (Å²) in [5.74, 6) is -0.973. The van der Waals surface area contributed by atoms with Crippen LogP contribution < -0.4 is 5.32 Å². The molecule has 5 nitrogen and oxygen atoms in total. The van der Waals surface area contributed by atoms with Gasteiger partial charge in [-0.3, -0.25) is 0 Å². The molecule has 0 aliphatic carbocycles. The van der Waals surface area contributed by atoms with Crippen LogP contribution in [-0.4, -0.2) is 35.1 Å². The molecule has 1 aromatic rings. The average molecular weight is 278 g/mol. The monoisotopic (exact) mass is 278 g/mol. The van der Waals surface area contributed by atoms with E-state index in [2.05, 4.69) is 12.2 Å². The van der Waals surface area contributed by atoms with Gasteiger partial charge in [-0.25, -0.2) is 9.59 Å². The highest BCUT2D eigenvalue weighted by Crippen LogP contribution is 2.17. The highest BCUT2D eigenvalue weighted by Gasteiger charge is 2.16. The van der Waals surface area contributed by atoms with Gasteiger partial charge in [0.15, 0.2) is 0 Å². The maximum Gasteiger partial charge on any atom is 0.335 e. The van der Waals surface area contributed by atoms with Crippen molar-refractivity contribution in [2.75, 3.05) is 12.4 Å². The Kier molecular flexibility index (Phi) is 5.55. The summed E-state index contributed by atoms with van der Waals surface area (Å²) < 4.78 is 0. The molecule has 5 heteroatoms. The number of amides is 2. The lowest BCUT2D eigenvalue weighted by atomic mass is 10.1. The van der Waals surface area contributed by atoms with Crippen molar-refractivity contribution in [3.8, 4) is 0 Å². The first-order chi connectivity index (χ1) is 9.36. The summed E-state index contributed by atoms with van der Waals surface area (Å²) in [6.45, 7) is 5.86. The largest absolute Gasteiger partial charge is 0.478 e. The molecule has 0 spiro atoms. The van der Waals surface area contributed by atoms with Crippen molar-refractivity contribution in [2.24, 2.45) is 0 Å². The lowest BCUT2D eigenvalue weighted by Crippen LogP contribution is -2.38. The van der Waals surface area contributed by atoms with E-state index < -0.39 is 5.97 Å². The Morgan fingerprint density at radius 3 is 2.55 bits per heavy atom. The molecule has 1 unspecified atom stereocenters. The predicted octanol–water partition coefficient (Wildman–Crippen LogP) is 3.35. The number of carbonyl (C=O) groups excluding carboxylic acids is 1. The quantitative estimate of drug-likeness (QED) is 0.867. The maximum absolute atomic E-state index is 12.1. The third-order valence-electron chi connectivity index (χ3n) is 3.40. The molecule has 0 bridgehead atoms. The van der Waals surface area contributed by atoms with Gasteiger partial charge in [0.25, 0.3) is 0 Å². The number of aryl methyl sites for hydroxylation is 1. The second kappa shape index (κ2) is 6.93. The molecule has 110 valence electrons. The smallest absolute Gasteiger partial charge is 0.335 e. The minimum atomic E-state index is -0.973. The van der Waals surface area contributed by atoms with Crippen LogP contribution in [0.4, 0.5) is 10.5 Å². The van der Waals surface area contributed by atoms with Crippen LogP contribution >= 0.6 is 0 Å². The summed E-state index contributed by atoms with van der Waals surface area (Å²) in [5.41, 5.74) is 1.58. The normalized spacial score (nSPS) is 11.8. The molecule has 2 N–H and O–H groups in total. The van der Waals surface area contributed by atoms with Crippen molar-refractivity contribution in [1.82, 2.24) is 4.90 Å². The number of urea groups is 1. The SMILES string of the molecule is CCCC(C)N(C)C(=O)Nc1ccc(C(=O)O)cc1C. The summed E-state index contributed by atoms with van der Waals surface area (Å²) >= 11 is 0. The average Bonchev–Trinajstić information content (AvgIpc) is 2.40. The van der Waals surface area contributed by atoms with Crippen molar-refractivity contribution in [1.29, 1.82) is 0 Å². The van der Waals surface area contributed by atoms with Crippen LogP contribution in [-0.2, 0) is 0 Å². The van der Waals surface area contributed by atoms with Gasteiger partial charge in [-0.15, -0.1) is 0 Å². The number of aromatic carboxylic acids is 1. The number of nitrogens with one attached hydrogen (secondary N) is 1. The molecule has 0 saturated heterocycles. The second-order valence-electron chi connectivity index (χ2n) is 5.01. The summed E-state index contributed by atoms with van der Waals surface area (Å²) in [5, 5.41) is 11.7. The second-order valence-corrected chi connectivity index (χ2v) is 5.01. The van der Waals surface area contributed by atoms with Crippen LogP contribution in [0.15, 0.2) is 18.2 Å². The van der Waals surface area contributed by atoms with Gasteiger partial charge in [0, 0.05) is 18.8 Å². The number of hydrogen-bond acceptors (Lipinski definition) is 2. The zero-order valence-electron chi connectivity index (χ0n) is 12.4. The molecule has 0 aromatic heterocycles. The number of carbonyl (C=O) groups is 2. The van der Waals surface area contributed by atoms with Gasteiger partial charge in [0.2, 0.25) is 0 Å². The minimum Gasteiger partial charge on any atom is -0.478 e. The van der Waals surface area contributed by atoms with Crippen LogP contribution in [0.25, 0.3) is 0 Å². The van der Waals surface area contributed by atoms with E-state index in [1.807, 2.05) is 6.92 Å². The van der Waals surface area contributed by atoms with Gasteiger partial charge in [-0.1, -0.05) is 13.3 Å². The molecule has 20 heavy (non-hydrogen) atoms. The Bertz CT molecular complexity index is 500. The van der Waals surface area contributed by atoms with Crippen LogP contribution in [0.2, 0.25) is 0 Å². The van der Waals surface area contributed by atoms with Crippen molar-refractivity contribution in [2.45, 2.75) is 39.7 Å². The zero-order valence-corrected chi connectivity index (χ0v) is 12.4. The Morgan fingerprint density at radius 1 is 1.40 bits per heavy atom. The van der Waals surface area contributed by atoms with Gasteiger partial charge >= 0.3 is 12.0 Å². The third kappa shape index (κ3) is 3.98. The lowest BCUT2D eigenvalue weighted by molar-refractivity contribution is 0.0697. The van der Waals surface area contributed by atoms with Crippen molar-refractivity contribution < 1.29 is 14.7 Å². The van der Waals surface area contributed by atoms with Gasteiger partial charge in [0.05, 0.1) is 5.56 Å². The topological polar surface area (TPSA) is 69.6 Å². The van der Waals surface area contributed by atoms with Gasteiger partial charge in [-0.05, 0) is 44.0 Å². The molecule has 1 atom stereocenters. The Morgan fingerprint density at radius 2 is 2.05 bits per heavy atom. The fourth-order valence-corrected chi connectivity index (χ4v) is 1.95. The van der Waals surface area contributed by atoms with Crippen LogP contribution in [0, 0.1) is 6.92 Å². The molecular weight excluding hydrogens is 256 g/mol. The van der Waals surface area contributed by atoms with Crippen molar-refractivity contribution in [3.63, 3.8) is 0 Å². The van der Waals surface area contributed by atoms with Crippen molar-refractivity contribution >= 4 is 17.7 Å². The molecule has 1 rings (SSSR count). The number of hydrogen-bond donors (Lipinski definition) is 2. The van der Waals surface area contributed by atoms with Crippen LogP contribution in [0.1, 0.15) is 42.6 Å². The molecule has 0 radical (unpaired) electrons. The molecule has 0 aliphatic rings. The Hall–Kier alpha value is -2.04. The van der Waals surface area contributed by atoms with E-state index >= 15 is 0 Å². The number of benzene rings is 1. The van der Waals surface area contributed by atoms with Crippen molar-refractivity contribution in [3.05, 3.63) is 29.3 Å². The minimum absolute atomic E-state index is 0.165. The van der Waals surface area contributed by atoms with Crippen LogP contribution in [0.5, 0.6) is 0 Å². The van der Waals surface area contributed by atoms with E-state index in [0.29, 0.717) is 5.69 Å². The van der Waals surface area contributed by atoms with Crippen LogP contribution in [0.3, 0.4) is 0 Å². The standard InChI is InChI=1S/C15H22N2O3/c1-5-6-11(3)17(4)15(20)16-13-8-7-12(14(18)19)9-10(13)2/h7-9,11H,5-6H2,1-4H3,(H,16,20)(H,18,19). The van der Waals surface area contributed by atoms with E-state index in [4.69, 9.17) is 5.11 Å². The summed E-state index contributed by atoms with van der Waals surface area (Å²) in [4.78, 5) is 24.6. The molecule has 1 aromatic carbocycles. The first-order valence-corrected chi connectivity index (χ1v) is 6.74. The van der Waals surface area contributed by atoms with Gasteiger partial charge in [0.1, 0.15) is 0 Å². The van der Waals surface area contributed by atoms with E-state index in [1.54, 1.807) is 31.0 Å². The van der Waals surface area contributed by atoms with E-state index in [-0.39, 0.29) is 17.6 Å². The number of anilines is 1. The highest BCUT2D eigenvalue weighted by molar-refractivity contribution is 5.92. The van der Waals surface area contributed by atoms with Gasteiger partial charge in [-0.2, -0.15) is 0 Å². The molecule has 0 heterocycles. The number of rotatable bonds is 5. The number of nitrogens with zero attached hydrogens (tertiary/aromatic N) is 1. The van der Waals surface area contributed by atoms with E-state index in [1.165, 1.54) is 6.07 Å². The fraction of sp³-hybridized carbons (Fsp3) is 0.467. The molecule has 0 saturated carbocycles. The summed E-state index contributed by atoms with van der Waals surface area (Å²) in [6, 6.07) is 4.64. The lowest BCUT2D eigenvalue weighted by Gasteiger charge is -2.25. The summed E-state index contributed by atoms with van der Waals surface area (Å²) in [6.07, 6.45) is 1.96. The van der Waals surface area contributed by atoms with Gasteiger partial charge < -0.3 is 15.3 Å². The first kappa shape index (κ1) is 16.0. The molecule has 0 fully saturated rings. The molecular formula is C15H22N2O3. The molecule has 0 aliphatic heterocycles. The van der Waals surface area contributed by atoms with E-state index in [9.17, 15) is 9.59 Å². The predicted molar refractivity (Wildman–Crippen MR) is 79.3 cm³/mol. The number of carboxylic acids is 1. The van der Waals surface area contributed by atoms with E-state index in [0.717, 1.165) is 18.4 Å². The highest BCUT2D eigenvalue weighted by atomic mass is 16.4. The third-order valence-corrected chi connectivity index (χ3v) is 3.40. The first-order valence-electron chi connectivity index (χ1n) is 6.74. The Labute approximate surface area is 119 Å². The molecule has 2 amide bonds. The maximum atomic E-state index is 12.1. The number of carboxylic acid groups (broad SMARTS) is 1. The zero-order chi connectivity index (χ0) is 15.3. The Balaban J connectivity index is 2.78. The fourth-order valence-electron chi connectivity index (χ4n) is 1.95. The summed E-state index contributed by atoms with van der Waals surface area (Å²) in [7, 11) is 1.76.